The van der Waals surface area contributed by atoms with Crippen LogP contribution in [0.15, 0.2) is 17.1 Å². The molecule has 108 valence electrons. The minimum absolute atomic E-state index is 0.0184. The average molecular weight is 296 g/mol. The topological polar surface area (TPSA) is 47.9 Å². The number of isocyanates is 1. The van der Waals surface area contributed by atoms with Crippen LogP contribution in [0.1, 0.15) is 38.7 Å². The standard InChI is InChI=1S/C15H18ClNO3/c1-10(2)20-14-7-11(12(16)8-13(14)19-3)15(17-9-18)5-4-6-15/h7-8,10H,4-6H2,1-3H3. The van der Waals surface area contributed by atoms with Crippen molar-refractivity contribution in [1.82, 2.24) is 0 Å². The summed E-state index contributed by atoms with van der Waals surface area (Å²) in [5, 5.41) is 0.539. The summed E-state index contributed by atoms with van der Waals surface area (Å²) < 4.78 is 11.0. The van der Waals surface area contributed by atoms with Gasteiger partial charge in [-0.25, -0.2) is 4.79 Å². The first-order valence-corrected chi connectivity index (χ1v) is 7.04. The molecule has 1 aromatic carbocycles. The largest absolute Gasteiger partial charge is 0.493 e. The molecule has 4 nitrogen and oxygen atoms in total. The molecule has 2 rings (SSSR count). The normalized spacial score (nSPS) is 16.2. The molecule has 0 amide bonds. The number of nitrogens with zero attached hydrogens (tertiary/aromatic N) is 1. The Kier molecular flexibility index (Phi) is 4.36. The van der Waals surface area contributed by atoms with E-state index < -0.39 is 5.54 Å². The minimum Gasteiger partial charge on any atom is -0.493 e. The van der Waals surface area contributed by atoms with Gasteiger partial charge >= 0.3 is 0 Å². The summed E-state index contributed by atoms with van der Waals surface area (Å²) in [6.45, 7) is 3.88. The monoisotopic (exact) mass is 295 g/mol. The molecule has 0 unspecified atom stereocenters. The molecule has 1 fully saturated rings. The van der Waals surface area contributed by atoms with Gasteiger partial charge in [0, 0.05) is 11.6 Å². The SMILES string of the molecule is COc1cc(Cl)c(C2(N=C=O)CCC2)cc1OC(C)C. The van der Waals surface area contributed by atoms with Gasteiger partial charge < -0.3 is 9.47 Å². The highest BCUT2D eigenvalue weighted by Gasteiger charge is 2.41. The van der Waals surface area contributed by atoms with Crippen LogP contribution in [0.4, 0.5) is 0 Å². The lowest BCUT2D eigenvalue weighted by molar-refractivity contribution is 0.225. The van der Waals surface area contributed by atoms with Crippen molar-refractivity contribution >= 4 is 17.7 Å². The molecule has 1 aliphatic rings. The fourth-order valence-corrected chi connectivity index (χ4v) is 2.77. The maximum atomic E-state index is 10.7. The fraction of sp³-hybridized carbons (Fsp3) is 0.533. The van der Waals surface area contributed by atoms with Crippen LogP contribution < -0.4 is 9.47 Å². The third-order valence-electron chi connectivity index (χ3n) is 3.56. The summed E-state index contributed by atoms with van der Waals surface area (Å²) in [7, 11) is 1.57. The predicted molar refractivity (Wildman–Crippen MR) is 77.4 cm³/mol. The number of rotatable bonds is 5. The van der Waals surface area contributed by atoms with Gasteiger partial charge in [0.15, 0.2) is 11.5 Å². The second kappa shape index (κ2) is 5.86. The number of methoxy groups -OCH3 is 1. The van der Waals surface area contributed by atoms with E-state index in [0.717, 1.165) is 24.8 Å². The molecule has 1 saturated carbocycles. The number of hydrogen-bond acceptors (Lipinski definition) is 4. The third kappa shape index (κ3) is 2.67. The zero-order chi connectivity index (χ0) is 14.8. The highest BCUT2D eigenvalue weighted by molar-refractivity contribution is 6.31. The molecule has 0 aromatic heterocycles. The number of benzene rings is 1. The van der Waals surface area contributed by atoms with E-state index in [1.807, 2.05) is 19.9 Å². The van der Waals surface area contributed by atoms with Crippen molar-refractivity contribution in [2.75, 3.05) is 7.11 Å². The zero-order valence-corrected chi connectivity index (χ0v) is 12.7. The Bertz CT molecular complexity index is 546. The maximum Gasteiger partial charge on any atom is 0.235 e. The van der Waals surface area contributed by atoms with Gasteiger partial charge in [-0.3, -0.25) is 0 Å². The predicted octanol–water partition coefficient (Wildman–Crippen LogP) is 3.85. The zero-order valence-electron chi connectivity index (χ0n) is 11.9. The Morgan fingerprint density at radius 1 is 1.35 bits per heavy atom. The van der Waals surface area contributed by atoms with Gasteiger partial charge in [-0.1, -0.05) is 11.6 Å². The summed E-state index contributed by atoms with van der Waals surface area (Å²) in [5.74, 6) is 1.20. The lowest BCUT2D eigenvalue weighted by Crippen LogP contribution is -2.32. The summed E-state index contributed by atoms with van der Waals surface area (Å²) >= 11 is 6.32. The summed E-state index contributed by atoms with van der Waals surface area (Å²) in [4.78, 5) is 14.7. The van der Waals surface area contributed by atoms with E-state index in [1.165, 1.54) is 0 Å². The van der Waals surface area contributed by atoms with Gasteiger partial charge in [-0.15, -0.1) is 0 Å². The molecule has 1 aliphatic carbocycles. The molecule has 0 atom stereocenters. The molecule has 20 heavy (non-hydrogen) atoms. The Hall–Kier alpha value is -1.51. The van der Waals surface area contributed by atoms with E-state index in [-0.39, 0.29) is 6.10 Å². The summed E-state index contributed by atoms with van der Waals surface area (Å²) in [6.07, 6.45) is 4.31. The molecule has 0 bridgehead atoms. The molecule has 0 aliphatic heterocycles. The number of halogens is 1. The Morgan fingerprint density at radius 3 is 2.50 bits per heavy atom. The van der Waals surface area contributed by atoms with Gasteiger partial charge in [0.2, 0.25) is 6.08 Å². The van der Waals surface area contributed by atoms with Gasteiger partial charge in [0.25, 0.3) is 0 Å². The van der Waals surface area contributed by atoms with Gasteiger partial charge in [0.05, 0.1) is 23.8 Å². The van der Waals surface area contributed by atoms with Crippen LogP contribution in [0.5, 0.6) is 11.5 Å². The Morgan fingerprint density at radius 2 is 2.05 bits per heavy atom. The first-order valence-electron chi connectivity index (χ1n) is 6.66. The Labute approximate surface area is 123 Å². The van der Waals surface area contributed by atoms with Gasteiger partial charge in [0.1, 0.15) is 0 Å². The van der Waals surface area contributed by atoms with E-state index in [0.29, 0.717) is 16.5 Å². The quantitative estimate of drug-likeness (QED) is 0.612. The van der Waals surface area contributed by atoms with Crippen LogP contribution in [0.2, 0.25) is 5.02 Å². The first-order chi connectivity index (χ1) is 9.52. The summed E-state index contributed by atoms with van der Waals surface area (Å²) in [5.41, 5.74) is 0.269. The Balaban J connectivity index is 2.50. The van der Waals surface area contributed by atoms with Gasteiger partial charge in [-0.2, -0.15) is 4.99 Å². The van der Waals surface area contributed by atoms with E-state index in [2.05, 4.69) is 4.99 Å². The molecule has 0 heterocycles. The van der Waals surface area contributed by atoms with E-state index in [4.69, 9.17) is 21.1 Å². The van der Waals surface area contributed by atoms with Crippen LogP contribution in [-0.4, -0.2) is 19.3 Å². The molecule has 0 saturated heterocycles. The number of aliphatic imine (C=N–C) groups is 1. The van der Waals surface area contributed by atoms with E-state index >= 15 is 0 Å². The maximum absolute atomic E-state index is 10.7. The highest BCUT2D eigenvalue weighted by Crippen LogP contribution is 2.49. The van der Waals surface area contributed by atoms with E-state index in [1.54, 1.807) is 19.3 Å². The third-order valence-corrected chi connectivity index (χ3v) is 3.87. The lowest BCUT2D eigenvalue weighted by atomic mass is 9.72. The van der Waals surface area contributed by atoms with Crippen LogP contribution in [0, 0.1) is 0 Å². The number of carbonyl (C=O) groups excluding carboxylic acids is 1. The molecule has 0 N–H and O–H groups in total. The van der Waals surface area contributed by atoms with Crippen molar-refractivity contribution in [3.05, 3.63) is 22.7 Å². The van der Waals surface area contributed by atoms with E-state index in [9.17, 15) is 4.79 Å². The minimum atomic E-state index is -0.541. The molecule has 5 heteroatoms. The van der Waals surface area contributed by atoms with Crippen molar-refractivity contribution in [3.8, 4) is 11.5 Å². The lowest BCUT2D eigenvalue weighted by Gasteiger charge is -2.38. The van der Waals surface area contributed by atoms with Crippen LogP contribution >= 0.6 is 11.6 Å². The molecular weight excluding hydrogens is 278 g/mol. The van der Waals surface area contributed by atoms with Crippen LogP contribution in [0.3, 0.4) is 0 Å². The second-order valence-electron chi connectivity index (χ2n) is 5.24. The highest BCUT2D eigenvalue weighted by atomic mass is 35.5. The van der Waals surface area contributed by atoms with Crippen molar-refractivity contribution in [2.24, 2.45) is 4.99 Å². The number of ether oxygens (including phenoxy) is 2. The fourth-order valence-electron chi connectivity index (χ4n) is 2.44. The molecule has 0 spiro atoms. The van der Waals surface area contributed by atoms with Crippen LogP contribution in [0.25, 0.3) is 0 Å². The second-order valence-corrected chi connectivity index (χ2v) is 5.64. The van der Waals surface area contributed by atoms with Gasteiger partial charge in [-0.05, 0) is 39.2 Å². The smallest absolute Gasteiger partial charge is 0.235 e. The molecule has 1 aromatic rings. The summed E-state index contributed by atoms with van der Waals surface area (Å²) in [6, 6.07) is 3.55. The van der Waals surface area contributed by atoms with Crippen LogP contribution in [-0.2, 0) is 10.3 Å². The number of hydrogen-bond donors (Lipinski definition) is 0. The van der Waals surface area contributed by atoms with Crippen molar-refractivity contribution in [3.63, 3.8) is 0 Å². The molecule has 0 radical (unpaired) electrons. The van der Waals surface area contributed by atoms with Crippen molar-refractivity contribution < 1.29 is 14.3 Å². The molecular formula is C15H18ClNO3. The average Bonchev–Trinajstić information content (AvgIpc) is 2.35. The van der Waals surface area contributed by atoms with Crippen molar-refractivity contribution in [2.45, 2.75) is 44.8 Å². The van der Waals surface area contributed by atoms with Crippen molar-refractivity contribution in [1.29, 1.82) is 0 Å². The first kappa shape index (κ1) is 14.9.